The highest BCUT2D eigenvalue weighted by molar-refractivity contribution is 5.57. The fraction of sp³-hybridized carbons (Fsp3) is 0.364. The molecule has 0 aromatic heterocycles. The Kier molecular flexibility index (Phi) is 2.76. The van der Waals surface area contributed by atoms with Crippen LogP contribution in [0.25, 0.3) is 0 Å². The lowest BCUT2D eigenvalue weighted by Gasteiger charge is -2.09. The van der Waals surface area contributed by atoms with Crippen molar-refractivity contribution in [3.05, 3.63) is 17.7 Å². The van der Waals surface area contributed by atoms with Crippen molar-refractivity contribution in [3.63, 3.8) is 0 Å². The number of methoxy groups -OCH3 is 1. The van der Waals surface area contributed by atoms with E-state index in [1.54, 1.807) is 7.11 Å². The summed E-state index contributed by atoms with van der Waals surface area (Å²) in [5.74, 6) is 2.16. The third kappa shape index (κ3) is 1.75. The summed E-state index contributed by atoms with van der Waals surface area (Å²) >= 11 is 0. The summed E-state index contributed by atoms with van der Waals surface area (Å²) in [5.41, 5.74) is 0.902. The van der Waals surface area contributed by atoms with Crippen molar-refractivity contribution in [1.82, 2.24) is 0 Å². The van der Waals surface area contributed by atoms with E-state index in [0.29, 0.717) is 18.6 Å². The second-order valence-corrected chi connectivity index (χ2v) is 3.19. The fourth-order valence-electron chi connectivity index (χ4n) is 1.64. The van der Waals surface area contributed by atoms with Crippen LogP contribution in [0.1, 0.15) is 12.0 Å². The molecule has 1 aromatic carbocycles. The summed E-state index contributed by atoms with van der Waals surface area (Å²) < 4.78 is 15.8. The van der Waals surface area contributed by atoms with E-state index < -0.39 is 0 Å². The van der Waals surface area contributed by atoms with Gasteiger partial charge in [-0.2, -0.15) is 0 Å². The average molecular weight is 208 g/mol. The molecular formula is C11H12O4. The largest absolute Gasteiger partial charge is 0.496 e. The van der Waals surface area contributed by atoms with Gasteiger partial charge in [-0.1, -0.05) is 0 Å². The Balaban J connectivity index is 2.37. The summed E-state index contributed by atoms with van der Waals surface area (Å²) in [5, 5.41) is 0. The minimum atomic E-state index is 0.233. The summed E-state index contributed by atoms with van der Waals surface area (Å²) in [6, 6.07) is 3.64. The van der Waals surface area contributed by atoms with Gasteiger partial charge in [0, 0.05) is 12.0 Å². The average Bonchev–Trinajstić information content (AvgIpc) is 2.73. The number of ether oxygens (including phenoxy) is 3. The number of fused-ring (bicyclic) bond motifs is 1. The van der Waals surface area contributed by atoms with Gasteiger partial charge >= 0.3 is 0 Å². The van der Waals surface area contributed by atoms with Gasteiger partial charge in [-0.3, -0.25) is 0 Å². The Labute approximate surface area is 87.8 Å². The zero-order valence-electron chi connectivity index (χ0n) is 8.49. The van der Waals surface area contributed by atoms with E-state index in [1.807, 2.05) is 12.1 Å². The van der Waals surface area contributed by atoms with Crippen molar-refractivity contribution in [1.29, 1.82) is 0 Å². The predicted molar refractivity (Wildman–Crippen MR) is 53.5 cm³/mol. The molecule has 1 aliphatic heterocycles. The van der Waals surface area contributed by atoms with Crippen LogP contribution >= 0.6 is 0 Å². The first-order valence-corrected chi connectivity index (χ1v) is 4.76. The van der Waals surface area contributed by atoms with Crippen LogP contribution in [0.15, 0.2) is 12.1 Å². The van der Waals surface area contributed by atoms with Gasteiger partial charge in [0.2, 0.25) is 6.79 Å². The van der Waals surface area contributed by atoms with Gasteiger partial charge < -0.3 is 19.0 Å². The van der Waals surface area contributed by atoms with Crippen LogP contribution in [0, 0.1) is 0 Å². The van der Waals surface area contributed by atoms with Gasteiger partial charge in [-0.25, -0.2) is 0 Å². The van der Waals surface area contributed by atoms with Crippen molar-refractivity contribution >= 4 is 6.29 Å². The Hall–Kier alpha value is -1.71. The van der Waals surface area contributed by atoms with Crippen LogP contribution in [-0.4, -0.2) is 20.2 Å². The van der Waals surface area contributed by atoms with E-state index in [-0.39, 0.29) is 6.79 Å². The van der Waals surface area contributed by atoms with Gasteiger partial charge in [0.05, 0.1) is 7.11 Å². The smallest absolute Gasteiger partial charge is 0.231 e. The first-order valence-electron chi connectivity index (χ1n) is 4.76. The van der Waals surface area contributed by atoms with E-state index in [4.69, 9.17) is 14.2 Å². The second kappa shape index (κ2) is 4.21. The molecule has 2 rings (SSSR count). The normalized spacial score (nSPS) is 12.6. The molecule has 80 valence electrons. The predicted octanol–water partition coefficient (Wildman–Crippen LogP) is 1.56. The Morgan fingerprint density at radius 3 is 3.07 bits per heavy atom. The number of hydrogen-bond acceptors (Lipinski definition) is 4. The quantitative estimate of drug-likeness (QED) is 0.704. The van der Waals surface area contributed by atoms with Crippen LogP contribution in [0.5, 0.6) is 17.2 Å². The number of carbonyl (C=O) groups is 1. The number of rotatable bonds is 4. The first kappa shape index (κ1) is 9.83. The Morgan fingerprint density at radius 1 is 1.47 bits per heavy atom. The molecule has 0 bridgehead atoms. The van der Waals surface area contributed by atoms with Crippen molar-refractivity contribution < 1.29 is 19.0 Å². The van der Waals surface area contributed by atoms with Crippen molar-refractivity contribution in [3.8, 4) is 17.2 Å². The molecule has 0 aliphatic carbocycles. The van der Waals surface area contributed by atoms with Crippen molar-refractivity contribution in [2.24, 2.45) is 0 Å². The monoisotopic (exact) mass is 208 g/mol. The minimum absolute atomic E-state index is 0.233. The van der Waals surface area contributed by atoms with Crippen molar-refractivity contribution in [2.75, 3.05) is 13.9 Å². The second-order valence-electron chi connectivity index (χ2n) is 3.19. The molecule has 1 aromatic rings. The zero-order valence-corrected chi connectivity index (χ0v) is 8.49. The maximum Gasteiger partial charge on any atom is 0.231 e. The standard InChI is InChI=1S/C11H12O4/c1-13-9-4-5-10-11(15-7-14-10)8(9)3-2-6-12/h4-6H,2-3,7H2,1H3. The van der Waals surface area contributed by atoms with Crippen LogP contribution in [0.2, 0.25) is 0 Å². The highest BCUT2D eigenvalue weighted by atomic mass is 16.7. The Bertz CT molecular complexity index is 373. The van der Waals surface area contributed by atoms with E-state index in [1.165, 1.54) is 0 Å². The first-order chi connectivity index (χ1) is 7.36. The van der Waals surface area contributed by atoms with Crippen LogP contribution in [0.3, 0.4) is 0 Å². The molecule has 0 saturated carbocycles. The minimum Gasteiger partial charge on any atom is -0.496 e. The molecule has 0 N–H and O–H groups in total. The summed E-state index contributed by atoms with van der Waals surface area (Å²) in [6.07, 6.45) is 1.95. The summed E-state index contributed by atoms with van der Waals surface area (Å²) in [6.45, 7) is 0.233. The van der Waals surface area contributed by atoms with E-state index >= 15 is 0 Å². The number of benzene rings is 1. The van der Waals surface area contributed by atoms with Crippen LogP contribution in [0.4, 0.5) is 0 Å². The number of aldehydes is 1. The van der Waals surface area contributed by atoms with Gasteiger partial charge in [0.25, 0.3) is 0 Å². The van der Waals surface area contributed by atoms with E-state index in [0.717, 1.165) is 23.3 Å². The molecule has 0 radical (unpaired) electrons. The fourth-order valence-corrected chi connectivity index (χ4v) is 1.64. The van der Waals surface area contributed by atoms with Crippen LogP contribution in [-0.2, 0) is 11.2 Å². The number of carbonyl (C=O) groups excluding carboxylic acids is 1. The maximum absolute atomic E-state index is 10.4. The van der Waals surface area contributed by atoms with Gasteiger partial charge in [0.15, 0.2) is 11.5 Å². The molecule has 0 unspecified atom stereocenters. The highest BCUT2D eigenvalue weighted by Crippen LogP contribution is 2.41. The molecule has 4 nitrogen and oxygen atoms in total. The highest BCUT2D eigenvalue weighted by Gasteiger charge is 2.20. The Morgan fingerprint density at radius 2 is 2.33 bits per heavy atom. The lowest BCUT2D eigenvalue weighted by molar-refractivity contribution is -0.107. The summed E-state index contributed by atoms with van der Waals surface area (Å²) in [7, 11) is 1.60. The van der Waals surface area contributed by atoms with Gasteiger partial charge in [0.1, 0.15) is 12.0 Å². The zero-order chi connectivity index (χ0) is 10.7. The molecule has 0 saturated heterocycles. The topological polar surface area (TPSA) is 44.8 Å². The molecule has 4 heteroatoms. The molecule has 1 aliphatic rings. The van der Waals surface area contributed by atoms with Gasteiger partial charge in [-0.05, 0) is 18.6 Å². The van der Waals surface area contributed by atoms with Gasteiger partial charge in [-0.15, -0.1) is 0 Å². The number of hydrogen-bond donors (Lipinski definition) is 0. The SMILES string of the molecule is COc1ccc2c(c1CCC=O)OCO2. The lowest BCUT2D eigenvalue weighted by Crippen LogP contribution is -1.97. The molecule has 0 atom stereocenters. The molecule has 15 heavy (non-hydrogen) atoms. The summed E-state index contributed by atoms with van der Waals surface area (Å²) in [4.78, 5) is 10.4. The molecule has 0 amide bonds. The van der Waals surface area contributed by atoms with E-state index in [2.05, 4.69) is 0 Å². The van der Waals surface area contributed by atoms with E-state index in [9.17, 15) is 4.79 Å². The lowest BCUT2D eigenvalue weighted by atomic mass is 10.1. The molecule has 1 heterocycles. The maximum atomic E-state index is 10.4. The molecule has 0 spiro atoms. The third-order valence-corrected chi connectivity index (χ3v) is 2.33. The molecule has 0 fully saturated rings. The van der Waals surface area contributed by atoms with Crippen molar-refractivity contribution in [2.45, 2.75) is 12.8 Å². The molecular weight excluding hydrogens is 196 g/mol. The van der Waals surface area contributed by atoms with Crippen LogP contribution < -0.4 is 14.2 Å². The third-order valence-electron chi connectivity index (χ3n) is 2.33.